The number of methoxy groups -OCH3 is 3. The maximum atomic E-state index is 13.6. The standard InChI is InChI=1S/C27H28N2O5/c1-32-19-14-12-18(13-15-19)29-25(30)17-16-21(26(29)20-8-4-6-10-23(20)33-2)27(31)28-22-9-5-7-11-24(22)34-3/h4-15,21,26H,16-17H2,1-3H3,(H,28,31). The molecular formula is C27H28N2O5. The molecule has 0 bridgehead atoms. The first kappa shape index (κ1) is 23.2. The van der Waals surface area contributed by atoms with Crippen molar-refractivity contribution in [3.63, 3.8) is 0 Å². The van der Waals surface area contributed by atoms with Gasteiger partial charge in [-0.05, 0) is 48.9 Å². The van der Waals surface area contributed by atoms with Crippen molar-refractivity contribution in [1.29, 1.82) is 0 Å². The number of carbonyl (C=O) groups excluding carboxylic acids is 2. The number of piperidine rings is 1. The third-order valence-corrected chi connectivity index (χ3v) is 6.11. The normalized spacial score (nSPS) is 17.7. The number of hydrogen-bond acceptors (Lipinski definition) is 5. The summed E-state index contributed by atoms with van der Waals surface area (Å²) in [6.45, 7) is 0. The quantitative estimate of drug-likeness (QED) is 0.546. The van der Waals surface area contributed by atoms with Gasteiger partial charge in [0, 0.05) is 17.7 Å². The Morgan fingerprint density at radius 1 is 0.853 bits per heavy atom. The van der Waals surface area contributed by atoms with E-state index >= 15 is 0 Å². The summed E-state index contributed by atoms with van der Waals surface area (Å²) in [5.74, 6) is 1.13. The van der Waals surface area contributed by atoms with Gasteiger partial charge in [0.25, 0.3) is 0 Å². The molecular weight excluding hydrogens is 432 g/mol. The van der Waals surface area contributed by atoms with Gasteiger partial charge in [0.15, 0.2) is 0 Å². The molecule has 1 aliphatic heterocycles. The Morgan fingerprint density at radius 3 is 2.18 bits per heavy atom. The van der Waals surface area contributed by atoms with Crippen LogP contribution >= 0.6 is 0 Å². The highest BCUT2D eigenvalue weighted by atomic mass is 16.5. The lowest BCUT2D eigenvalue weighted by atomic mass is 9.82. The number of carbonyl (C=O) groups is 2. The van der Waals surface area contributed by atoms with Gasteiger partial charge < -0.3 is 24.4 Å². The molecule has 2 amide bonds. The molecule has 0 aliphatic carbocycles. The highest BCUT2D eigenvalue weighted by Crippen LogP contribution is 2.44. The van der Waals surface area contributed by atoms with Crippen LogP contribution in [0.25, 0.3) is 0 Å². The molecule has 7 nitrogen and oxygen atoms in total. The van der Waals surface area contributed by atoms with Crippen LogP contribution in [0.5, 0.6) is 17.2 Å². The second-order valence-electron chi connectivity index (χ2n) is 7.98. The van der Waals surface area contributed by atoms with Crippen LogP contribution in [0.4, 0.5) is 11.4 Å². The summed E-state index contributed by atoms with van der Waals surface area (Å²) in [7, 11) is 4.75. The molecule has 0 saturated carbocycles. The molecule has 1 heterocycles. The Balaban J connectivity index is 1.78. The van der Waals surface area contributed by atoms with Crippen LogP contribution in [0.1, 0.15) is 24.4 Å². The molecule has 4 rings (SSSR count). The lowest BCUT2D eigenvalue weighted by Crippen LogP contribution is -2.47. The van der Waals surface area contributed by atoms with E-state index in [2.05, 4.69) is 5.32 Å². The van der Waals surface area contributed by atoms with E-state index in [1.54, 1.807) is 50.5 Å². The second kappa shape index (κ2) is 10.3. The average Bonchev–Trinajstić information content (AvgIpc) is 2.88. The number of amides is 2. The van der Waals surface area contributed by atoms with Gasteiger partial charge in [-0.2, -0.15) is 0 Å². The fraction of sp³-hybridized carbons (Fsp3) is 0.259. The van der Waals surface area contributed by atoms with Gasteiger partial charge in [-0.1, -0.05) is 30.3 Å². The number of rotatable bonds is 7. The minimum Gasteiger partial charge on any atom is -0.497 e. The summed E-state index contributed by atoms with van der Waals surface area (Å²) < 4.78 is 16.3. The summed E-state index contributed by atoms with van der Waals surface area (Å²) in [4.78, 5) is 28.6. The zero-order valence-electron chi connectivity index (χ0n) is 19.5. The van der Waals surface area contributed by atoms with Crippen LogP contribution in [-0.4, -0.2) is 33.1 Å². The number of ether oxygens (including phenoxy) is 3. The largest absolute Gasteiger partial charge is 0.497 e. The highest BCUT2D eigenvalue weighted by Gasteiger charge is 2.42. The molecule has 2 unspecified atom stereocenters. The maximum absolute atomic E-state index is 13.6. The topological polar surface area (TPSA) is 77.1 Å². The Bertz CT molecular complexity index is 1160. The number of benzene rings is 3. The fourth-order valence-corrected chi connectivity index (χ4v) is 4.45. The molecule has 3 aromatic rings. The minimum absolute atomic E-state index is 0.0533. The summed E-state index contributed by atoms with van der Waals surface area (Å²) in [5, 5.41) is 3.01. The van der Waals surface area contributed by atoms with E-state index in [4.69, 9.17) is 14.2 Å². The predicted octanol–water partition coefficient (Wildman–Crippen LogP) is 4.84. The molecule has 7 heteroatoms. The Hall–Kier alpha value is -4.00. The van der Waals surface area contributed by atoms with Crippen molar-refractivity contribution in [2.24, 2.45) is 5.92 Å². The van der Waals surface area contributed by atoms with E-state index < -0.39 is 12.0 Å². The maximum Gasteiger partial charge on any atom is 0.230 e. The predicted molar refractivity (Wildman–Crippen MR) is 131 cm³/mol. The molecule has 0 aromatic heterocycles. The van der Waals surface area contributed by atoms with Gasteiger partial charge >= 0.3 is 0 Å². The highest BCUT2D eigenvalue weighted by molar-refractivity contribution is 6.01. The Kier molecular flexibility index (Phi) is 7.01. The molecule has 34 heavy (non-hydrogen) atoms. The van der Waals surface area contributed by atoms with Crippen molar-refractivity contribution in [3.8, 4) is 17.2 Å². The van der Waals surface area contributed by atoms with E-state index in [1.165, 1.54) is 0 Å². The van der Waals surface area contributed by atoms with Crippen molar-refractivity contribution in [1.82, 2.24) is 0 Å². The van der Waals surface area contributed by atoms with Crippen molar-refractivity contribution in [2.75, 3.05) is 31.5 Å². The van der Waals surface area contributed by atoms with Crippen LogP contribution in [0.2, 0.25) is 0 Å². The van der Waals surface area contributed by atoms with Crippen LogP contribution in [0, 0.1) is 5.92 Å². The van der Waals surface area contributed by atoms with E-state index in [0.717, 1.165) is 5.56 Å². The van der Waals surface area contributed by atoms with Crippen LogP contribution in [-0.2, 0) is 9.59 Å². The van der Waals surface area contributed by atoms with Crippen molar-refractivity contribution in [2.45, 2.75) is 18.9 Å². The molecule has 1 N–H and O–H groups in total. The van der Waals surface area contributed by atoms with Gasteiger partial charge in [-0.25, -0.2) is 0 Å². The minimum atomic E-state index is -0.555. The number of hydrogen-bond donors (Lipinski definition) is 1. The number of para-hydroxylation sites is 3. The lowest BCUT2D eigenvalue weighted by molar-refractivity contribution is -0.126. The van der Waals surface area contributed by atoms with Crippen LogP contribution < -0.4 is 24.4 Å². The second-order valence-corrected chi connectivity index (χ2v) is 7.98. The zero-order chi connectivity index (χ0) is 24.1. The smallest absolute Gasteiger partial charge is 0.230 e. The van der Waals surface area contributed by atoms with Gasteiger partial charge in [0.2, 0.25) is 11.8 Å². The van der Waals surface area contributed by atoms with Gasteiger partial charge in [0.1, 0.15) is 17.2 Å². The summed E-state index contributed by atoms with van der Waals surface area (Å²) in [6.07, 6.45) is 0.664. The van der Waals surface area contributed by atoms with Gasteiger partial charge in [-0.3, -0.25) is 9.59 Å². The van der Waals surface area contributed by atoms with Crippen molar-refractivity contribution >= 4 is 23.2 Å². The van der Waals surface area contributed by atoms with E-state index in [0.29, 0.717) is 35.0 Å². The van der Waals surface area contributed by atoms with Crippen molar-refractivity contribution < 1.29 is 23.8 Å². The summed E-state index contributed by atoms with van der Waals surface area (Å²) in [5.41, 5.74) is 2.05. The number of nitrogens with one attached hydrogen (secondary N) is 1. The molecule has 2 atom stereocenters. The molecule has 0 spiro atoms. The Morgan fingerprint density at radius 2 is 1.50 bits per heavy atom. The molecule has 176 valence electrons. The fourth-order valence-electron chi connectivity index (χ4n) is 4.45. The molecule has 1 fully saturated rings. The Labute approximate surface area is 199 Å². The molecule has 1 aliphatic rings. The SMILES string of the molecule is COc1ccc(N2C(=O)CCC(C(=O)Nc3ccccc3OC)C2c2ccccc2OC)cc1. The third-order valence-electron chi connectivity index (χ3n) is 6.11. The van der Waals surface area contributed by atoms with Gasteiger partial charge in [-0.15, -0.1) is 0 Å². The monoisotopic (exact) mass is 460 g/mol. The van der Waals surface area contributed by atoms with E-state index in [9.17, 15) is 9.59 Å². The average molecular weight is 461 g/mol. The number of anilines is 2. The first-order valence-electron chi connectivity index (χ1n) is 11.1. The lowest BCUT2D eigenvalue weighted by Gasteiger charge is -2.41. The summed E-state index contributed by atoms with van der Waals surface area (Å²) in [6, 6.07) is 21.5. The number of nitrogens with zero attached hydrogens (tertiary/aromatic N) is 1. The molecule has 1 saturated heterocycles. The van der Waals surface area contributed by atoms with Crippen LogP contribution in [0.15, 0.2) is 72.8 Å². The third kappa shape index (κ3) is 4.55. The summed E-state index contributed by atoms with van der Waals surface area (Å²) >= 11 is 0. The molecule has 0 radical (unpaired) electrons. The van der Waals surface area contributed by atoms with E-state index in [1.807, 2.05) is 48.5 Å². The molecule has 3 aromatic carbocycles. The first-order valence-corrected chi connectivity index (χ1v) is 11.1. The first-order chi connectivity index (χ1) is 16.6. The van der Waals surface area contributed by atoms with Crippen LogP contribution in [0.3, 0.4) is 0 Å². The van der Waals surface area contributed by atoms with E-state index in [-0.39, 0.29) is 18.2 Å². The zero-order valence-corrected chi connectivity index (χ0v) is 19.5. The van der Waals surface area contributed by atoms with Gasteiger partial charge in [0.05, 0.1) is 39.0 Å². The van der Waals surface area contributed by atoms with Crippen molar-refractivity contribution in [3.05, 3.63) is 78.4 Å².